The summed E-state index contributed by atoms with van der Waals surface area (Å²) in [6.45, 7) is 7.39. The first-order chi connectivity index (χ1) is 30.4. The molecule has 4 N–H and O–H groups in total. The molecule has 3 fully saturated rings. The van der Waals surface area contributed by atoms with Crippen LogP contribution in [0.2, 0.25) is 0 Å². The molecule has 3 aliphatic rings. The fraction of sp³-hybridized carbons (Fsp3) is 0.487. The fourth-order valence-electron chi connectivity index (χ4n) is 6.42. The van der Waals surface area contributed by atoms with Gasteiger partial charge in [0.2, 0.25) is 30.1 Å². The lowest BCUT2D eigenvalue weighted by atomic mass is 10.1. The van der Waals surface area contributed by atoms with E-state index in [2.05, 4.69) is 26.1 Å². The number of aliphatic hydroxyl groups excluding tert-OH is 1. The molecule has 3 aromatic carbocycles. The van der Waals surface area contributed by atoms with Crippen LogP contribution in [0.25, 0.3) is 0 Å². The molecular weight excluding hydrogens is 979 g/mol. The number of anilines is 1. The summed E-state index contributed by atoms with van der Waals surface area (Å²) in [6.07, 6.45) is 3.06. The summed E-state index contributed by atoms with van der Waals surface area (Å²) in [5.74, 6) is -0.224. The molecule has 26 heteroatoms. The minimum absolute atomic E-state index is 0.00822. The summed E-state index contributed by atoms with van der Waals surface area (Å²) >= 11 is 3.02. The first kappa shape index (κ1) is 55.0. The molecule has 3 aromatic rings. The van der Waals surface area contributed by atoms with Gasteiger partial charge >= 0.3 is 0 Å². The average molecular weight is 1040 g/mol. The molecule has 1 atom stereocenters. The molecule has 3 saturated heterocycles. The number of nitrogen functional groups attached to an aromatic ring is 1. The Balaban J connectivity index is 0.000000240. The van der Waals surface area contributed by atoms with Crippen molar-refractivity contribution >= 4 is 74.6 Å². The van der Waals surface area contributed by atoms with E-state index in [1.165, 1.54) is 80.2 Å². The van der Waals surface area contributed by atoms with Crippen molar-refractivity contribution in [1.82, 2.24) is 28.0 Å². The van der Waals surface area contributed by atoms with Crippen molar-refractivity contribution in [3.63, 3.8) is 0 Å². The van der Waals surface area contributed by atoms with Gasteiger partial charge in [-0.2, -0.15) is 12.9 Å². The normalized spacial score (nSPS) is 17.4. The van der Waals surface area contributed by atoms with E-state index < -0.39 is 46.0 Å². The van der Waals surface area contributed by atoms with Gasteiger partial charge in [0, 0.05) is 126 Å². The van der Waals surface area contributed by atoms with E-state index in [-0.39, 0.29) is 34.8 Å². The number of aliphatic hydroxyl groups is 1. The Morgan fingerprint density at radius 2 is 1.00 bits per heavy atom. The monoisotopic (exact) mass is 1030 g/mol. The second-order valence-corrected chi connectivity index (χ2v) is 21.6. The number of ketones is 2. The lowest BCUT2D eigenvalue weighted by Gasteiger charge is -2.34. The Kier molecular flexibility index (Phi) is 21.6. The number of nitro groups is 2. The van der Waals surface area contributed by atoms with Crippen molar-refractivity contribution in [3.8, 4) is 0 Å². The van der Waals surface area contributed by atoms with Crippen LogP contribution in [0.3, 0.4) is 0 Å². The Labute approximate surface area is 387 Å². The van der Waals surface area contributed by atoms with Gasteiger partial charge in [-0.3, -0.25) is 39.6 Å². The predicted molar refractivity (Wildman–Crippen MR) is 249 cm³/mol. The number of nitrogens with zero attached hydrogens (tertiary/aromatic N) is 7. The van der Waals surface area contributed by atoms with Crippen molar-refractivity contribution < 1.29 is 49.8 Å². The van der Waals surface area contributed by atoms with Crippen LogP contribution in [0.4, 0.5) is 17.1 Å². The Morgan fingerprint density at radius 3 is 1.35 bits per heavy atom. The number of non-ortho nitro benzene ring substituents is 2. The maximum atomic E-state index is 12.1. The lowest BCUT2D eigenvalue weighted by Crippen LogP contribution is -2.49. The Morgan fingerprint density at radius 1 is 0.631 bits per heavy atom. The molecule has 6 rings (SSSR count). The standard InChI is InChI=1S/C13H17N3O5S.C13H21N3O3S.C8H6BrNO3.C5H12N2O2S/c1-22(20,21)15-8-6-14(7-9-15)10-13(17)11-2-4-12(5-3-11)16(18)19;1-20(18,19)16-8-6-15(7-9-16)10-13(17)11-2-4-12(14)5-3-11;9-5-8(11)6-1-3-7(4-2-6)10(12)13;1-10(8,9)7-4-2-6-3-5-7/h2-5H,6-10H2,1H3;2-5,13,17H,6-10,14H2,1H3;1-4H,5H2;6H,2-5H2,1H3. The number of carbonyl (C=O) groups is 2. The number of nitro benzene ring substituents is 2. The number of hydrogen-bond donors (Lipinski definition) is 3. The summed E-state index contributed by atoms with van der Waals surface area (Å²) in [4.78, 5) is 47.0. The highest BCUT2D eigenvalue weighted by molar-refractivity contribution is 9.09. The van der Waals surface area contributed by atoms with Gasteiger partial charge in [-0.25, -0.2) is 25.3 Å². The zero-order valence-corrected chi connectivity index (χ0v) is 40.3. The highest BCUT2D eigenvalue weighted by atomic mass is 79.9. The number of halogens is 1. The minimum Gasteiger partial charge on any atom is -0.399 e. The third-order valence-corrected chi connectivity index (χ3v) is 14.6. The summed E-state index contributed by atoms with van der Waals surface area (Å²) in [5, 5.41) is 34.3. The van der Waals surface area contributed by atoms with Gasteiger partial charge in [0.15, 0.2) is 11.6 Å². The van der Waals surface area contributed by atoms with Crippen molar-refractivity contribution in [1.29, 1.82) is 0 Å². The second-order valence-electron chi connectivity index (χ2n) is 15.1. The van der Waals surface area contributed by atoms with Crippen LogP contribution in [-0.2, 0) is 30.1 Å². The third-order valence-electron chi connectivity index (χ3n) is 10.2. The molecule has 0 saturated carbocycles. The van der Waals surface area contributed by atoms with Crippen molar-refractivity contribution in [2.24, 2.45) is 0 Å². The topological polar surface area (TPSA) is 297 Å². The average Bonchev–Trinajstić information content (AvgIpc) is 3.27. The van der Waals surface area contributed by atoms with E-state index in [1.807, 2.05) is 17.0 Å². The molecule has 1 unspecified atom stereocenters. The first-order valence-corrected chi connectivity index (χ1v) is 26.7. The van der Waals surface area contributed by atoms with E-state index >= 15 is 0 Å². The lowest BCUT2D eigenvalue weighted by molar-refractivity contribution is -0.385. The highest BCUT2D eigenvalue weighted by Crippen LogP contribution is 2.18. The fourth-order valence-corrected chi connectivity index (χ4v) is 9.24. The molecule has 65 heavy (non-hydrogen) atoms. The van der Waals surface area contributed by atoms with Crippen LogP contribution in [0.15, 0.2) is 72.8 Å². The number of hydrogen-bond acceptors (Lipinski definition) is 17. The predicted octanol–water partition coefficient (Wildman–Crippen LogP) is 1.26. The van der Waals surface area contributed by atoms with Gasteiger partial charge in [0.05, 0.1) is 46.6 Å². The van der Waals surface area contributed by atoms with Gasteiger partial charge in [-0.15, -0.1) is 0 Å². The molecule has 22 nitrogen and oxygen atoms in total. The third kappa shape index (κ3) is 19.2. The highest BCUT2D eigenvalue weighted by Gasteiger charge is 2.26. The van der Waals surface area contributed by atoms with Gasteiger partial charge in [0.25, 0.3) is 11.4 Å². The number of piperazine rings is 3. The maximum absolute atomic E-state index is 12.1. The molecule has 3 heterocycles. The number of carbonyl (C=O) groups excluding carboxylic acids is 2. The van der Waals surface area contributed by atoms with Crippen LogP contribution < -0.4 is 11.1 Å². The van der Waals surface area contributed by atoms with Gasteiger partial charge in [0.1, 0.15) is 0 Å². The van der Waals surface area contributed by atoms with E-state index in [0.29, 0.717) is 88.8 Å². The van der Waals surface area contributed by atoms with E-state index in [4.69, 9.17) is 5.73 Å². The number of nitrogens with one attached hydrogen (secondary N) is 1. The molecule has 0 spiro atoms. The number of benzene rings is 3. The van der Waals surface area contributed by atoms with Crippen LogP contribution in [0.1, 0.15) is 32.4 Å². The van der Waals surface area contributed by atoms with E-state index in [1.54, 1.807) is 12.1 Å². The smallest absolute Gasteiger partial charge is 0.269 e. The summed E-state index contributed by atoms with van der Waals surface area (Å²) in [7, 11) is -9.22. The molecule has 0 amide bonds. The van der Waals surface area contributed by atoms with Gasteiger partial charge in [-0.1, -0.05) is 28.1 Å². The minimum atomic E-state index is -3.18. The zero-order chi connectivity index (χ0) is 48.5. The number of rotatable bonds is 13. The number of Topliss-reactive ketones (excluding diaryl/α,β-unsaturated/α-hetero) is 2. The molecule has 0 radical (unpaired) electrons. The molecule has 0 bridgehead atoms. The van der Waals surface area contributed by atoms with Crippen LogP contribution in [-0.4, -0.2) is 190 Å². The zero-order valence-electron chi connectivity index (χ0n) is 36.3. The maximum Gasteiger partial charge on any atom is 0.269 e. The quantitative estimate of drug-likeness (QED) is 0.0714. The second kappa shape index (κ2) is 25.5. The van der Waals surface area contributed by atoms with Crippen LogP contribution in [0.5, 0.6) is 0 Å². The van der Waals surface area contributed by atoms with Crippen LogP contribution >= 0.6 is 15.9 Å². The Hall–Kier alpha value is -4.35. The van der Waals surface area contributed by atoms with Gasteiger partial charge < -0.3 is 16.2 Å². The number of nitrogens with two attached hydrogens (primary N) is 1. The molecular formula is C39H56BrN9O13S3. The Bertz CT molecular complexity index is 2380. The van der Waals surface area contributed by atoms with Gasteiger partial charge in [-0.05, 0) is 42.0 Å². The van der Waals surface area contributed by atoms with Crippen molar-refractivity contribution in [2.75, 3.05) is 121 Å². The molecule has 360 valence electrons. The van der Waals surface area contributed by atoms with Crippen molar-refractivity contribution in [2.45, 2.75) is 6.10 Å². The summed E-state index contributed by atoms with van der Waals surface area (Å²) < 4.78 is 71.8. The largest absolute Gasteiger partial charge is 0.399 e. The van der Waals surface area contributed by atoms with E-state index in [9.17, 15) is 60.2 Å². The van der Waals surface area contributed by atoms with Crippen molar-refractivity contribution in [3.05, 3.63) is 110 Å². The summed E-state index contributed by atoms with van der Waals surface area (Å²) in [6, 6.07) is 18.2. The summed E-state index contributed by atoms with van der Waals surface area (Å²) in [5.41, 5.74) is 7.93. The SMILES string of the molecule is CS(=O)(=O)N1CCN(CC(=O)c2ccc([N+](=O)[O-])cc2)CC1.CS(=O)(=O)N1CCN(CC(O)c2ccc(N)cc2)CC1.CS(=O)(=O)N1CCNCC1.O=C(CBr)c1ccc([N+](=O)[O-])cc1. The first-order valence-electron chi connectivity index (χ1n) is 20.0. The number of β-amino-alcohol motifs (C(OH)–C–C–N with tert-alkyl or cyclic N) is 1. The molecule has 0 aromatic heterocycles. The van der Waals surface area contributed by atoms with E-state index in [0.717, 1.165) is 18.7 Å². The molecule has 3 aliphatic heterocycles. The molecule has 0 aliphatic carbocycles. The number of sulfonamides is 3. The van der Waals surface area contributed by atoms with Crippen LogP contribution in [0, 0.1) is 20.2 Å². The number of alkyl halides is 1.